The highest BCUT2D eigenvalue weighted by Gasteiger charge is 2.17. The second kappa shape index (κ2) is 3.79. The van der Waals surface area contributed by atoms with Gasteiger partial charge in [0.2, 0.25) is 0 Å². The standard InChI is InChI=1S/C9H9FO2S/c1-5(9(11)12)7-3-2-6(13)4-8(7)10/h2-5,13H,1H3,(H,11,12). The molecule has 70 valence electrons. The van der Waals surface area contributed by atoms with Crippen LogP contribution in [0.5, 0.6) is 0 Å². The van der Waals surface area contributed by atoms with Gasteiger partial charge in [-0.3, -0.25) is 4.79 Å². The van der Waals surface area contributed by atoms with Crippen LogP contribution in [0.2, 0.25) is 0 Å². The SMILES string of the molecule is CC(C(=O)O)c1ccc(S)cc1F. The Bertz CT molecular complexity index is 338. The molecule has 0 heterocycles. The number of carbonyl (C=O) groups is 1. The van der Waals surface area contributed by atoms with Crippen molar-refractivity contribution in [3.05, 3.63) is 29.6 Å². The van der Waals surface area contributed by atoms with E-state index in [4.69, 9.17) is 5.11 Å². The van der Waals surface area contributed by atoms with Gasteiger partial charge in [-0.05, 0) is 19.1 Å². The number of hydrogen-bond acceptors (Lipinski definition) is 2. The molecule has 2 nitrogen and oxygen atoms in total. The van der Waals surface area contributed by atoms with Crippen LogP contribution in [0.3, 0.4) is 0 Å². The summed E-state index contributed by atoms with van der Waals surface area (Å²) in [5.41, 5.74) is 0.185. The lowest BCUT2D eigenvalue weighted by molar-refractivity contribution is -0.138. The highest BCUT2D eigenvalue weighted by molar-refractivity contribution is 7.80. The van der Waals surface area contributed by atoms with Gasteiger partial charge >= 0.3 is 5.97 Å². The molecule has 0 aromatic heterocycles. The van der Waals surface area contributed by atoms with Crippen molar-refractivity contribution < 1.29 is 14.3 Å². The molecular weight excluding hydrogens is 191 g/mol. The zero-order valence-electron chi connectivity index (χ0n) is 6.99. The van der Waals surface area contributed by atoms with Gasteiger partial charge in [-0.25, -0.2) is 4.39 Å². The Morgan fingerprint density at radius 2 is 2.23 bits per heavy atom. The van der Waals surface area contributed by atoms with Crippen LogP contribution in [0.1, 0.15) is 18.4 Å². The first-order chi connectivity index (χ1) is 6.02. The van der Waals surface area contributed by atoms with Gasteiger partial charge in [0.1, 0.15) is 5.82 Å². The fraction of sp³-hybridized carbons (Fsp3) is 0.222. The van der Waals surface area contributed by atoms with Crippen molar-refractivity contribution in [2.75, 3.05) is 0 Å². The minimum atomic E-state index is -1.04. The third kappa shape index (κ3) is 2.21. The maximum absolute atomic E-state index is 13.1. The van der Waals surface area contributed by atoms with Gasteiger partial charge in [0.25, 0.3) is 0 Å². The van der Waals surface area contributed by atoms with Gasteiger partial charge in [0, 0.05) is 10.5 Å². The zero-order chi connectivity index (χ0) is 10.0. The average Bonchev–Trinajstić information content (AvgIpc) is 2.03. The fourth-order valence-electron chi connectivity index (χ4n) is 1.00. The summed E-state index contributed by atoms with van der Waals surface area (Å²) >= 11 is 3.93. The second-order valence-corrected chi connectivity index (χ2v) is 3.28. The maximum atomic E-state index is 13.1. The Morgan fingerprint density at radius 1 is 1.62 bits per heavy atom. The number of benzene rings is 1. The minimum absolute atomic E-state index is 0.185. The summed E-state index contributed by atoms with van der Waals surface area (Å²) in [5.74, 6) is -2.39. The van der Waals surface area contributed by atoms with E-state index in [-0.39, 0.29) is 5.56 Å². The minimum Gasteiger partial charge on any atom is -0.481 e. The Balaban J connectivity index is 3.08. The number of aliphatic carboxylic acids is 1. The van der Waals surface area contributed by atoms with Gasteiger partial charge in [-0.2, -0.15) is 0 Å². The molecule has 1 N–H and O–H groups in total. The van der Waals surface area contributed by atoms with Crippen LogP contribution in [-0.4, -0.2) is 11.1 Å². The Morgan fingerprint density at radius 3 is 2.69 bits per heavy atom. The molecule has 0 radical (unpaired) electrons. The highest BCUT2D eigenvalue weighted by Crippen LogP contribution is 2.21. The van der Waals surface area contributed by atoms with Crippen molar-refractivity contribution in [2.45, 2.75) is 17.7 Å². The molecule has 0 fully saturated rings. The van der Waals surface area contributed by atoms with E-state index in [1.807, 2.05) is 0 Å². The summed E-state index contributed by atoms with van der Waals surface area (Å²) in [7, 11) is 0. The first kappa shape index (κ1) is 10.1. The van der Waals surface area contributed by atoms with E-state index in [1.54, 1.807) is 6.07 Å². The van der Waals surface area contributed by atoms with Crippen molar-refractivity contribution in [3.63, 3.8) is 0 Å². The molecule has 1 aromatic carbocycles. The van der Waals surface area contributed by atoms with E-state index in [0.717, 1.165) is 0 Å². The zero-order valence-corrected chi connectivity index (χ0v) is 7.88. The average molecular weight is 200 g/mol. The third-order valence-corrected chi connectivity index (χ3v) is 2.10. The maximum Gasteiger partial charge on any atom is 0.310 e. The molecular formula is C9H9FO2S. The molecule has 0 bridgehead atoms. The molecule has 0 aliphatic carbocycles. The molecule has 0 aliphatic rings. The molecule has 13 heavy (non-hydrogen) atoms. The normalized spacial score (nSPS) is 12.5. The van der Waals surface area contributed by atoms with Crippen molar-refractivity contribution in [1.82, 2.24) is 0 Å². The van der Waals surface area contributed by atoms with Crippen molar-refractivity contribution in [2.24, 2.45) is 0 Å². The number of halogens is 1. The van der Waals surface area contributed by atoms with Gasteiger partial charge in [0.05, 0.1) is 5.92 Å². The molecule has 1 aromatic rings. The molecule has 1 atom stereocenters. The monoisotopic (exact) mass is 200 g/mol. The molecule has 1 rings (SSSR count). The Hall–Kier alpha value is -1.03. The summed E-state index contributed by atoms with van der Waals surface area (Å²) < 4.78 is 13.1. The Labute approximate surface area is 80.8 Å². The molecule has 0 amide bonds. The van der Waals surface area contributed by atoms with E-state index < -0.39 is 17.7 Å². The summed E-state index contributed by atoms with van der Waals surface area (Å²) in [6, 6.07) is 4.22. The van der Waals surface area contributed by atoms with Crippen LogP contribution in [0.4, 0.5) is 4.39 Å². The third-order valence-electron chi connectivity index (χ3n) is 1.82. The van der Waals surface area contributed by atoms with Gasteiger partial charge in [-0.1, -0.05) is 6.07 Å². The number of carboxylic acid groups (broad SMARTS) is 1. The first-order valence-electron chi connectivity index (χ1n) is 3.73. The lowest BCUT2D eigenvalue weighted by Gasteiger charge is -2.07. The van der Waals surface area contributed by atoms with Crippen LogP contribution < -0.4 is 0 Å². The van der Waals surface area contributed by atoms with Crippen molar-refractivity contribution >= 4 is 18.6 Å². The molecule has 1 unspecified atom stereocenters. The predicted octanol–water partition coefficient (Wildman–Crippen LogP) is 2.30. The number of hydrogen-bond donors (Lipinski definition) is 2. The smallest absolute Gasteiger partial charge is 0.310 e. The van der Waals surface area contributed by atoms with Crippen molar-refractivity contribution in [1.29, 1.82) is 0 Å². The van der Waals surface area contributed by atoms with Gasteiger partial charge in [-0.15, -0.1) is 12.6 Å². The van der Waals surface area contributed by atoms with E-state index in [0.29, 0.717) is 4.90 Å². The van der Waals surface area contributed by atoms with Crippen LogP contribution >= 0.6 is 12.6 Å². The number of rotatable bonds is 2. The molecule has 0 saturated carbocycles. The van der Waals surface area contributed by atoms with Gasteiger partial charge in [0.15, 0.2) is 0 Å². The van der Waals surface area contributed by atoms with Crippen LogP contribution in [0.15, 0.2) is 23.1 Å². The van der Waals surface area contributed by atoms with Crippen LogP contribution in [0.25, 0.3) is 0 Å². The summed E-state index contributed by atoms with van der Waals surface area (Å²) in [4.78, 5) is 11.0. The quantitative estimate of drug-likeness (QED) is 0.719. The topological polar surface area (TPSA) is 37.3 Å². The van der Waals surface area contributed by atoms with E-state index in [2.05, 4.69) is 12.6 Å². The molecule has 0 spiro atoms. The Kier molecular flexibility index (Phi) is 2.93. The summed E-state index contributed by atoms with van der Waals surface area (Å²) in [6.07, 6.45) is 0. The number of thiol groups is 1. The summed E-state index contributed by atoms with van der Waals surface area (Å²) in [5, 5.41) is 8.64. The lowest BCUT2D eigenvalue weighted by atomic mass is 10.0. The van der Waals surface area contributed by atoms with Crippen LogP contribution in [0, 0.1) is 5.82 Å². The highest BCUT2D eigenvalue weighted by atomic mass is 32.1. The number of carboxylic acids is 1. The van der Waals surface area contributed by atoms with E-state index >= 15 is 0 Å². The lowest BCUT2D eigenvalue weighted by Crippen LogP contribution is -2.09. The van der Waals surface area contributed by atoms with E-state index in [9.17, 15) is 9.18 Å². The van der Waals surface area contributed by atoms with Gasteiger partial charge < -0.3 is 5.11 Å². The van der Waals surface area contributed by atoms with Crippen molar-refractivity contribution in [3.8, 4) is 0 Å². The fourth-order valence-corrected chi connectivity index (χ4v) is 1.19. The van der Waals surface area contributed by atoms with Crippen LogP contribution in [-0.2, 0) is 4.79 Å². The first-order valence-corrected chi connectivity index (χ1v) is 4.18. The second-order valence-electron chi connectivity index (χ2n) is 2.77. The predicted molar refractivity (Wildman–Crippen MR) is 49.7 cm³/mol. The molecule has 4 heteroatoms. The molecule has 0 aliphatic heterocycles. The summed E-state index contributed by atoms with van der Waals surface area (Å²) in [6.45, 7) is 1.44. The molecule has 0 saturated heterocycles. The largest absolute Gasteiger partial charge is 0.481 e. The van der Waals surface area contributed by atoms with E-state index in [1.165, 1.54) is 19.1 Å².